The van der Waals surface area contributed by atoms with Crippen LogP contribution in [0.1, 0.15) is 13.3 Å². The molecule has 20 heavy (non-hydrogen) atoms. The maximum atomic E-state index is 11.7. The van der Waals surface area contributed by atoms with Crippen molar-refractivity contribution in [1.29, 1.82) is 0 Å². The molecule has 0 aliphatic rings. The lowest BCUT2D eigenvalue weighted by Crippen LogP contribution is -2.36. The monoisotopic (exact) mass is 310 g/mol. The van der Waals surface area contributed by atoms with Gasteiger partial charge in [0.1, 0.15) is 6.04 Å². The molecule has 0 fully saturated rings. The van der Waals surface area contributed by atoms with Crippen LogP contribution in [0.3, 0.4) is 0 Å². The SMILES string of the molecule is CCOC(=O)C(CCSc1nc2ccccc2s1)NC. The van der Waals surface area contributed by atoms with Gasteiger partial charge in [0.2, 0.25) is 0 Å². The third kappa shape index (κ3) is 3.94. The van der Waals surface area contributed by atoms with Crippen molar-refractivity contribution in [3.63, 3.8) is 0 Å². The highest BCUT2D eigenvalue weighted by Crippen LogP contribution is 2.29. The number of benzene rings is 1. The molecule has 2 rings (SSSR count). The third-order valence-electron chi connectivity index (χ3n) is 2.83. The maximum absolute atomic E-state index is 11.7. The molecule has 0 saturated heterocycles. The summed E-state index contributed by atoms with van der Waals surface area (Å²) in [5, 5.41) is 2.99. The second-order valence-electron chi connectivity index (χ2n) is 4.18. The Morgan fingerprint density at radius 1 is 1.50 bits per heavy atom. The smallest absolute Gasteiger partial charge is 0.323 e. The van der Waals surface area contributed by atoms with Crippen LogP contribution in [0, 0.1) is 0 Å². The number of thiazole rings is 1. The molecular formula is C14H18N2O2S2. The number of rotatable bonds is 7. The summed E-state index contributed by atoms with van der Waals surface area (Å²) in [6.07, 6.45) is 0.732. The average Bonchev–Trinajstić information content (AvgIpc) is 2.86. The van der Waals surface area contributed by atoms with Crippen molar-refractivity contribution in [1.82, 2.24) is 10.3 Å². The van der Waals surface area contributed by atoms with E-state index in [1.165, 1.54) is 4.70 Å². The van der Waals surface area contributed by atoms with Crippen LogP contribution in [0.2, 0.25) is 0 Å². The first-order chi connectivity index (χ1) is 9.74. The summed E-state index contributed by atoms with van der Waals surface area (Å²) in [6.45, 7) is 2.24. The number of ether oxygens (including phenoxy) is 1. The van der Waals surface area contributed by atoms with Crippen LogP contribution in [0.15, 0.2) is 28.6 Å². The molecule has 0 aliphatic heterocycles. The van der Waals surface area contributed by atoms with Gasteiger partial charge in [-0.05, 0) is 32.5 Å². The quantitative estimate of drug-likeness (QED) is 0.629. The number of nitrogens with one attached hydrogen (secondary N) is 1. The summed E-state index contributed by atoms with van der Waals surface area (Å²) < 4.78 is 7.27. The number of carbonyl (C=O) groups is 1. The van der Waals surface area contributed by atoms with E-state index in [-0.39, 0.29) is 12.0 Å². The fourth-order valence-electron chi connectivity index (χ4n) is 1.80. The topological polar surface area (TPSA) is 51.2 Å². The van der Waals surface area contributed by atoms with Crippen LogP contribution in [0.5, 0.6) is 0 Å². The number of hydrogen-bond donors (Lipinski definition) is 1. The van der Waals surface area contributed by atoms with E-state index in [2.05, 4.69) is 16.4 Å². The zero-order valence-electron chi connectivity index (χ0n) is 11.6. The Kier molecular flexibility index (Phi) is 5.82. The Morgan fingerprint density at radius 3 is 3.00 bits per heavy atom. The van der Waals surface area contributed by atoms with Crippen LogP contribution in [0.4, 0.5) is 0 Å². The van der Waals surface area contributed by atoms with Crippen molar-refractivity contribution in [3.8, 4) is 0 Å². The van der Waals surface area contributed by atoms with E-state index < -0.39 is 0 Å². The fourth-order valence-corrected chi connectivity index (χ4v) is 3.94. The second-order valence-corrected chi connectivity index (χ2v) is 6.55. The van der Waals surface area contributed by atoms with Crippen molar-refractivity contribution < 1.29 is 9.53 Å². The Hall–Kier alpha value is -1.11. The third-order valence-corrected chi connectivity index (χ3v) is 5.04. The molecule has 108 valence electrons. The molecule has 1 atom stereocenters. The minimum Gasteiger partial charge on any atom is -0.465 e. The Morgan fingerprint density at radius 2 is 2.30 bits per heavy atom. The van der Waals surface area contributed by atoms with E-state index in [1.54, 1.807) is 30.1 Å². The minimum atomic E-state index is -0.239. The first kappa shape index (κ1) is 15.3. The van der Waals surface area contributed by atoms with Crippen LogP contribution in [0.25, 0.3) is 10.2 Å². The van der Waals surface area contributed by atoms with Crippen LogP contribution >= 0.6 is 23.1 Å². The molecule has 1 aromatic heterocycles. The van der Waals surface area contributed by atoms with E-state index in [0.717, 1.165) is 22.0 Å². The van der Waals surface area contributed by atoms with Gasteiger partial charge in [0.05, 0.1) is 16.8 Å². The highest BCUT2D eigenvalue weighted by molar-refractivity contribution is 8.01. The molecule has 1 N–H and O–H groups in total. The molecule has 1 heterocycles. The van der Waals surface area contributed by atoms with Gasteiger partial charge >= 0.3 is 5.97 Å². The van der Waals surface area contributed by atoms with Crippen molar-refractivity contribution in [2.45, 2.75) is 23.7 Å². The molecule has 0 radical (unpaired) electrons. The predicted molar refractivity (Wildman–Crippen MR) is 84.4 cm³/mol. The molecule has 6 heteroatoms. The zero-order chi connectivity index (χ0) is 14.4. The maximum Gasteiger partial charge on any atom is 0.323 e. The number of carbonyl (C=O) groups excluding carboxylic acids is 1. The summed E-state index contributed by atoms with van der Waals surface area (Å²) in [4.78, 5) is 16.2. The van der Waals surface area contributed by atoms with E-state index in [4.69, 9.17) is 4.74 Å². The van der Waals surface area contributed by atoms with E-state index in [9.17, 15) is 4.79 Å². The Balaban J connectivity index is 1.86. The number of likely N-dealkylation sites (N-methyl/N-ethyl adjacent to an activating group) is 1. The first-order valence-electron chi connectivity index (χ1n) is 6.57. The summed E-state index contributed by atoms with van der Waals surface area (Å²) in [5.74, 6) is 0.657. The van der Waals surface area contributed by atoms with Crippen LogP contribution in [-0.4, -0.2) is 36.4 Å². The van der Waals surface area contributed by atoms with Gasteiger partial charge in [-0.2, -0.15) is 0 Å². The summed E-state index contributed by atoms with van der Waals surface area (Å²) >= 11 is 3.38. The number of para-hydroxylation sites is 1. The van der Waals surface area contributed by atoms with Gasteiger partial charge in [0.25, 0.3) is 0 Å². The highest BCUT2D eigenvalue weighted by Gasteiger charge is 2.17. The van der Waals surface area contributed by atoms with Crippen LogP contribution < -0.4 is 5.32 Å². The fraction of sp³-hybridized carbons (Fsp3) is 0.429. The molecular weight excluding hydrogens is 292 g/mol. The van der Waals surface area contributed by atoms with Gasteiger partial charge in [0.15, 0.2) is 4.34 Å². The highest BCUT2D eigenvalue weighted by atomic mass is 32.2. The van der Waals surface area contributed by atoms with Crippen molar-refractivity contribution in [2.75, 3.05) is 19.4 Å². The molecule has 0 aliphatic carbocycles. The molecule has 0 spiro atoms. The normalized spacial score (nSPS) is 12.5. The summed E-state index contributed by atoms with van der Waals surface area (Å²) in [5.41, 5.74) is 1.04. The minimum absolute atomic E-state index is 0.181. The number of hydrogen-bond acceptors (Lipinski definition) is 6. The Labute approximate surface area is 126 Å². The van der Waals surface area contributed by atoms with Gasteiger partial charge in [-0.3, -0.25) is 4.79 Å². The number of thioether (sulfide) groups is 1. The molecule has 0 saturated carbocycles. The number of aromatic nitrogens is 1. The van der Waals surface area contributed by atoms with Gasteiger partial charge in [0, 0.05) is 5.75 Å². The van der Waals surface area contributed by atoms with E-state index >= 15 is 0 Å². The molecule has 4 nitrogen and oxygen atoms in total. The van der Waals surface area contributed by atoms with Crippen molar-refractivity contribution in [2.24, 2.45) is 0 Å². The number of esters is 1. The predicted octanol–water partition coefficient (Wildman–Crippen LogP) is 2.93. The first-order valence-corrected chi connectivity index (χ1v) is 8.37. The molecule has 0 amide bonds. The standard InChI is InChI=1S/C14H18N2O2S2/c1-3-18-13(17)11(15-2)8-9-19-14-16-10-6-4-5-7-12(10)20-14/h4-7,11,15H,3,8-9H2,1-2H3. The largest absolute Gasteiger partial charge is 0.465 e. The number of nitrogens with zero attached hydrogens (tertiary/aromatic N) is 1. The van der Waals surface area contributed by atoms with Crippen LogP contribution in [-0.2, 0) is 9.53 Å². The van der Waals surface area contributed by atoms with Gasteiger partial charge < -0.3 is 10.1 Å². The zero-order valence-corrected chi connectivity index (χ0v) is 13.2. The van der Waals surface area contributed by atoms with Crippen molar-refractivity contribution in [3.05, 3.63) is 24.3 Å². The lowest BCUT2D eigenvalue weighted by molar-refractivity contribution is -0.145. The Bertz CT molecular complexity index is 538. The molecule has 0 bridgehead atoms. The molecule has 2 aromatic rings. The van der Waals surface area contributed by atoms with Gasteiger partial charge in [-0.15, -0.1) is 11.3 Å². The van der Waals surface area contributed by atoms with E-state index in [1.807, 2.05) is 25.1 Å². The lowest BCUT2D eigenvalue weighted by Gasteiger charge is -2.13. The summed E-state index contributed by atoms with van der Waals surface area (Å²) in [6, 6.07) is 7.87. The second kappa shape index (κ2) is 7.61. The van der Waals surface area contributed by atoms with Crippen molar-refractivity contribution >= 4 is 39.3 Å². The number of fused-ring (bicyclic) bond motifs is 1. The van der Waals surface area contributed by atoms with Gasteiger partial charge in [-0.1, -0.05) is 23.9 Å². The molecule has 1 aromatic carbocycles. The van der Waals surface area contributed by atoms with Gasteiger partial charge in [-0.25, -0.2) is 4.98 Å². The molecule has 1 unspecified atom stereocenters. The van der Waals surface area contributed by atoms with E-state index in [0.29, 0.717) is 6.61 Å². The summed E-state index contributed by atoms with van der Waals surface area (Å²) in [7, 11) is 1.78. The average molecular weight is 310 g/mol. The lowest BCUT2D eigenvalue weighted by atomic mass is 10.2.